The van der Waals surface area contributed by atoms with Crippen molar-refractivity contribution in [2.75, 3.05) is 14.2 Å². The van der Waals surface area contributed by atoms with Crippen molar-refractivity contribution in [2.45, 2.75) is 19.4 Å². The molecule has 0 fully saturated rings. The van der Waals surface area contributed by atoms with Crippen molar-refractivity contribution in [3.05, 3.63) is 42.2 Å². The van der Waals surface area contributed by atoms with Crippen molar-refractivity contribution in [2.24, 2.45) is 5.73 Å². The Bertz CT molecular complexity index is 562. The second kappa shape index (κ2) is 6.95. The molecule has 0 aliphatic heterocycles. The van der Waals surface area contributed by atoms with Gasteiger partial charge in [-0.1, -0.05) is 6.92 Å². The third kappa shape index (κ3) is 3.86. The van der Waals surface area contributed by atoms with E-state index in [0.29, 0.717) is 23.0 Å². The molecule has 0 spiro atoms. The minimum Gasteiger partial charge on any atom is -0.496 e. The Morgan fingerprint density at radius 1 is 1.00 bits per heavy atom. The van der Waals surface area contributed by atoms with Gasteiger partial charge in [0.1, 0.15) is 23.0 Å². The highest BCUT2D eigenvalue weighted by atomic mass is 16.5. The fraction of sp³-hybridized carbons (Fsp3) is 0.312. The molecular formula is C16H20N2O3. The lowest BCUT2D eigenvalue weighted by molar-refractivity contribution is 0.386. The van der Waals surface area contributed by atoms with Gasteiger partial charge in [0.25, 0.3) is 0 Å². The van der Waals surface area contributed by atoms with E-state index in [9.17, 15) is 0 Å². The van der Waals surface area contributed by atoms with E-state index in [-0.39, 0.29) is 6.04 Å². The summed E-state index contributed by atoms with van der Waals surface area (Å²) in [6.07, 6.45) is 2.51. The lowest BCUT2D eigenvalue weighted by Gasteiger charge is -2.11. The van der Waals surface area contributed by atoms with E-state index in [1.165, 1.54) is 0 Å². The van der Waals surface area contributed by atoms with Crippen LogP contribution in [0.15, 0.2) is 36.5 Å². The van der Waals surface area contributed by atoms with Crippen LogP contribution in [0.4, 0.5) is 0 Å². The molecule has 5 heteroatoms. The molecule has 2 N–H and O–H groups in total. The summed E-state index contributed by atoms with van der Waals surface area (Å²) in [7, 11) is 3.20. The first kappa shape index (κ1) is 15.1. The third-order valence-corrected chi connectivity index (χ3v) is 3.14. The Morgan fingerprint density at radius 2 is 1.62 bits per heavy atom. The molecule has 0 saturated heterocycles. The highest BCUT2D eigenvalue weighted by Gasteiger charge is 2.07. The summed E-state index contributed by atoms with van der Waals surface area (Å²) in [4.78, 5) is 4.32. The molecule has 112 valence electrons. The van der Waals surface area contributed by atoms with E-state index in [1.807, 2.05) is 19.1 Å². The van der Waals surface area contributed by atoms with Crippen LogP contribution >= 0.6 is 0 Å². The van der Waals surface area contributed by atoms with Gasteiger partial charge in [0, 0.05) is 24.2 Å². The summed E-state index contributed by atoms with van der Waals surface area (Å²) in [5.41, 5.74) is 6.79. The molecule has 1 unspecified atom stereocenters. The third-order valence-electron chi connectivity index (χ3n) is 3.14. The van der Waals surface area contributed by atoms with Crippen LogP contribution < -0.4 is 19.9 Å². The largest absolute Gasteiger partial charge is 0.496 e. The van der Waals surface area contributed by atoms with E-state index in [1.54, 1.807) is 38.6 Å². The maximum atomic E-state index is 5.94. The van der Waals surface area contributed by atoms with Gasteiger partial charge in [-0.05, 0) is 18.6 Å². The monoisotopic (exact) mass is 288 g/mol. The van der Waals surface area contributed by atoms with Crippen LogP contribution in [0.5, 0.6) is 23.0 Å². The number of ether oxygens (including phenoxy) is 3. The first-order chi connectivity index (χ1) is 10.2. The van der Waals surface area contributed by atoms with Gasteiger partial charge in [0.15, 0.2) is 0 Å². The van der Waals surface area contributed by atoms with Crippen LogP contribution in [0.2, 0.25) is 0 Å². The molecule has 1 heterocycles. The number of aromatic nitrogens is 1. The van der Waals surface area contributed by atoms with Crippen molar-refractivity contribution < 1.29 is 14.2 Å². The number of nitrogens with two attached hydrogens (primary N) is 1. The van der Waals surface area contributed by atoms with Crippen LogP contribution in [0, 0.1) is 0 Å². The summed E-state index contributed by atoms with van der Waals surface area (Å²) in [6.45, 7) is 2.03. The molecule has 0 bridgehead atoms. The average molecular weight is 288 g/mol. The summed E-state index contributed by atoms with van der Waals surface area (Å²) < 4.78 is 16.2. The van der Waals surface area contributed by atoms with E-state index in [2.05, 4.69) is 4.98 Å². The van der Waals surface area contributed by atoms with Crippen LogP contribution in [-0.2, 0) is 0 Å². The van der Waals surface area contributed by atoms with Crippen molar-refractivity contribution in [1.82, 2.24) is 4.98 Å². The molecule has 2 rings (SSSR count). The van der Waals surface area contributed by atoms with Gasteiger partial charge in [0.2, 0.25) is 0 Å². The summed E-state index contributed by atoms with van der Waals surface area (Å²) in [6, 6.07) is 9.04. The predicted octanol–water partition coefficient (Wildman–Crippen LogP) is 3.30. The van der Waals surface area contributed by atoms with Gasteiger partial charge in [0.05, 0.1) is 26.1 Å². The Labute approximate surface area is 124 Å². The van der Waals surface area contributed by atoms with Crippen LogP contribution in [0.1, 0.15) is 25.1 Å². The average Bonchev–Trinajstić information content (AvgIpc) is 2.54. The second-order valence-electron chi connectivity index (χ2n) is 4.58. The van der Waals surface area contributed by atoms with E-state index in [4.69, 9.17) is 19.9 Å². The number of hydrogen-bond acceptors (Lipinski definition) is 5. The van der Waals surface area contributed by atoms with Crippen molar-refractivity contribution in [3.63, 3.8) is 0 Å². The lowest BCUT2D eigenvalue weighted by atomic mass is 10.1. The highest BCUT2D eigenvalue weighted by molar-refractivity contribution is 5.43. The predicted molar refractivity (Wildman–Crippen MR) is 81.1 cm³/mol. The Kier molecular flexibility index (Phi) is 5.00. The fourth-order valence-corrected chi connectivity index (χ4v) is 1.86. The molecule has 21 heavy (non-hydrogen) atoms. The van der Waals surface area contributed by atoms with Gasteiger partial charge >= 0.3 is 0 Å². The zero-order valence-electron chi connectivity index (χ0n) is 12.5. The molecule has 1 atom stereocenters. The highest BCUT2D eigenvalue weighted by Crippen LogP contribution is 2.30. The van der Waals surface area contributed by atoms with Crippen LogP contribution in [0.3, 0.4) is 0 Å². The fourth-order valence-electron chi connectivity index (χ4n) is 1.86. The lowest BCUT2D eigenvalue weighted by Crippen LogP contribution is -2.10. The topological polar surface area (TPSA) is 66.6 Å². The second-order valence-corrected chi connectivity index (χ2v) is 4.58. The Morgan fingerprint density at radius 3 is 2.10 bits per heavy atom. The summed E-state index contributed by atoms with van der Waals surface area (Å²) in [5, 5.41) is 0. The smallest absolute Gasteiger partial charge is 0.145 e. The SMILES string of the molecule is CCC(N)c1ccc(Oc2cc(OC)cc(OC)c2)cn1. The maximum Gasteiger partial charge on any atom is 0.145 e. The standard InChI is InChI=1S/C16H20N2O3/c1-4-15(17)16-6-5-11(10-18-16)21-14-8-12(19-2)7-13(9-14)20-3/h5-10,15H,4,17H2,1-3H3. The number of hydrogen-bond donors (Lipinski definition) is 1. The molecule has 0 aliphatic rings. The molecule has 1 aromatic heterocycles. The zero-order valence-corrected chi connectivity index (χ0v) is 12.5. The van der Waals surface area contributed by atoms with Gasteiger partial charge in [-0.3, -0.25) is 4.98 Å². The number of benzene rings is 1. The molecule has 0 saturated carbocycles. The first-order valence-corrected chi connectivity index (χ1v) is 6.78. The van der Waals surface area contributed by atoms with Crippen LogP contribution in [0.25, 0.3) is 0 Å². The molecule has 5 nitrogen and oxygen atoms in total. The van der Waals surface area contributed by atoms with Gasteiger partial charge in [-0.15, -0.1) is 0 Å². The van der Waals surface area contributed by atoms with Gasteiger partial charge in [-0.25, -0.2) is 0 Å². The Balaban J connectivity index is 2.17. The first-order valence-electron chi connectivity index (χ1n) is 6.78. The maximum absolute atomic E-state index is 5.94. The normalized spacial score (nSPS) is 11.8. The van der Waals surface area contributed by atoms with Gasteiger partial charge < -0.3 is 19.9 Å². The van der Waals surface area contributed by atoms with Gasteiger partial charge in [-0.2, -0.15) is 0 Å². The Hall–Kier alpha value is -2.27. The number of rotatable bonds is 6. The molecule has 0 aliphatic carbocycles. The molecule has 1 aromatic carbocycles. The molecule has 0 amide bonds. The molecule has 2 aromatic rings. The van der Waals surface area contributed by atoms with E-state index < -0.39 is 0 Å². The van der Waals surface area contributed by atoms with Crippen LogP contribution in [-0.4, -0.2) is 19.2 Å². The number of nitrogens with zero attached hydrogens (tertiary/aromatic N) is 1. The number of pyridine rings is 1. The van der Waals surface area contributed by atoms with Crippen molar-refractivity contribution in [1.29, 1.82) is 0 Å². The van der Waals surface area contributed by atoms with E-state index >= 15 is 0 Å². The van der Waals surface area contributed by atoms with Crippen molar-refractivity contribution in [3.8, 4) is 23.0 Å². The van der Waals surface area contributed by atoms with E-state index in [0.717, 1.165) is 12.1 Å². The van der Waals surface area contributed by atoms with Crippen molar-refractivity contribution >= 4 is 0 Å². The minimum atomic E-state index is -0.0454. The minimum absolute atomic E-state index is 0.0454. The summed E-state index contributed by atoms with van der Waals surface area (Å²) >= 11 is 0. The quantitative estimate of drug-likeness (QED) is 0.883. The molecule has 0 radical (unpaired) electrons. The molecular weight excluding hydrogens is 268 g/mol. The summed E-state index contributed by atoms with van der Waals surface area (Å²) in [5.74, 6) is 2.60. The zero-order chi connectivity index (χ0) is 15.2. The number of methoxy groups -OCH3 is 2.